The lowest BCUT2D eigenvalue weighted by molar-refractivity contribution is -0.137. The Kier molecular flexibility index (Phi) is 6.32. The van der Waals surface area contributed by atoms with E-state index in [2.05, 4.69) is 10.3 Å². The van der Waals surface area contributed by atoms with E-state index in [1.54, 1.807) is 0 Å². The summed E-state index contributed by atoms with van der Waals surface area (Å²) in [7, 11) is 0. The zero-order valence-corrected chi connectivity index (χ0v) is 16.4. The van der Waals surface area contributed by atoms with Crippen molar-refractivity contribution in [1.82, 2.24) is 15.2 Å². The molecule has 3 rings (SSSR count). The third-order valence-electron chi connectivity index (χ3n) is 5.01. The van der Waals surface area contributed by atoms with Crippen LogP contribution in [0.15, 0.2) is 36.5 Å². The molecule has 1 saturated heterocycles. The summed E-state index contributed by atoms with van der Waals surface area (Å²) in [6.45, 7) is -0.679. The summed E-state index contributed by atoms with van der Waals surface area (Å²) in [5, 5.41) is 11.6. The van der Waals surface area contributed by atoms with Gasteiger partial charge < -0.3 is 16.2 Å². The molecule has 0 saturated carbocycles. The first-order valence-electron chi connectivity index (χ1n) is 9.35. The van der Waals surface area contributed by atoms with Crippen molar-refractivity contribution in [2.75, 3.05) is 6.54 Å². The number of hydrogen-bond donors (Lipinski definition) is 3. The van der Waals surface area contributed by atoms with Gasteiger partial charge in [0.2, 0.25) is 5.91 Å². The predicted octanol–water partition coefficient (Wildman–Crippen LogP) is 2.57. The third kappa shape index (κ3) is 4.95. The van der Waals surface area contributed by atoms with Gasteiger partial charge in [-0.15, -0.1) is 0 Å². The molecule has 170 valence electrons. The van der Waals surface area contributed by atoms with Crippen LogP contribution in [0.1, 0.15) is 27.9 Å². The molecule has 2 atom stereocenters. The lowest BCUT2D eigenvalue weighted by atomic mass is 10.0. The molecule has 0 aliphatic carbocycles. The smallest absolute Gasteiger partial charge is 0.416 e. The number of alkyl halides is 4. The minimum absolute atomic E-state index is 0.0363. The van der Waals surface area contributed by atoms with Gasteiger partial charge >= 0.3 is 12.3 Å². The minimum atomic E-state index is -4.50. The number of hydrogen-bond acceptors (Lipinski definition) is 4. The van der Waals surface area contributed by atoms with E-state index in [9.17, 15) is 31.9 Å². The van der Waals surface area contributed by atoms with Gasteiger partial charge in [-0.05, 0) is 23.8 Å². The second-order valence-electron chi connectivity index (χ2n) is 7.17. The maximum absolute atomic E-state index is 13.6. The van der Waals surface area contributed by atoms with Crippen LogP contribution in [0.25, 0.3) is 11.3 Å². The van der Waals surface area contributed by atoms with Gasteiger partial charge in [-0.25, -0.2) is 9.18 Å². The van der Waals surface area contributed by atoms with Gasteiger partial charge in [0.25, 0.3) is 5.91 Å². The van der Waals surface area contributed by atoms with E-state index in [1.165, 1.54) is 18.2 Å². The van der Waals surface area contributed by atoms with Crippen LogP contribution in [0.3, 0.4) is 0 Å². The van der Waals surface area contributed by atoms with Gasteiger partial charge in [0.05, 0.1) is 23.4 Å². The summed E-state index contributed by atoms with van der Waals surface area (Å²) in [4.78, 5) is 40.1. The summed E-state index contributed by atoms with van der Waals surface area (Å²) in [6.07, 6.45) is -6.58. The van der Waals surface area contributed by atoms with Crippen molar-refractivity contribution in [2.24, 2.45) is 5.73 Å². The Morgan fingerprint density at radius 2 is 1.88 bits per heavy atom. The Labute approximate surface area is 179 Å². The van der Waals surface area contributed by atoms with Gasteiger partial charge in [0.15, 0.2) is 0 Å². The number of benzene rings is 1. The SMILES string of the molecule is NC(=O)c1cnc(-c2ccc(C(F)(F)F)cc2)cc1CNC(=O)[C@@H]1C[C@@H](F)CN1C(=O)O. The Morgan fingerprint density at radius 3 is 2.44 bits per heavy atom. The maximum atomic E-state index is 13.6. The van der Waals surface area contributed by atoms with Crippen molar-refractivity contribution in [2.45, 2.75) is 31.4 Å². The average molecular weight is 454 g/mol. The fraction of sp³-hybridized carbons (Fsp3) is 0.300. The van der Waals surface area contributed by atoms with Crippen LogP contribution in [0.4, 0.5) is 22.4 Å². The molecule has 32 heavy (non-hydrogen) atoms. The highest BCUT2D eigenvalue weighted by Gasteiger charge is 2.39. The molecule has 1 fully saturated rings. The zero-order valence-electron chi connectivity index (χ0n) is 16.4. The number of halogens is 4. The highest BCUT2D eigenvalue weighted by molar-refractivity contribution is 5.94. The summed E-state index contributed by atoms with van der Waals surface area (Å²) in [5.74, 6) is -1.60. The Morgan fingerprint density at radius 1 is 1.22 bits per heavy atom. The van der Waals surface area contributed by atoms with Gasteiger partial charge in [-0.1, -0.05) is 12.1 Å². The molecule has 2 aromatic rings. The van der Waals surface area contributed by atoms with Gasteiger partial charge in [0, 0.05) is 24.7 Å². The first kappa shape index (κ1) is 23.0. The number of carboxylic acid groups (broad SMARTS) is 1. The molecular formula is C20H18F4N4O4. The first-order chi connectivity index (χ1) is 15.0. The number of nitrogens with zero attached hydrogens (tertiary/aromatic N) is 2. The van der Waals surface area contributed by atoms with E-state index in [-0.39, 0.29) is 29.8 Å². The number of aromatic nitrogens is 1. The Hall–Kier alpha value is -3.70. The normalized spacial score (nSPS) is 18.4. The molecule has 0 radical (unpaired) electrons. The fourth-order valence-electron chi connectivity index (χ4n) is 3.40. The molecule has 8 nitrogen and oxygen atoms in total. The van der Waals surface area contributed by atoms with Crippen LogP contribution in [-0.2, 0) is 17.5 Å². The van der Waals surface area contributed by atoms with Gasteiger partial charge in [-0.2, -0.15) is 13.2 Å². The summed E-state index contributed by atoms with van der Waals surface area (Å²) in [5.41, 5.74) is 5.22. The van der Waals surface area contributed by atoms with Crippen LogP contribution < -0.4 is 11.1 Å². The number of carbonyl (C=O) groups excluding carboxylic acids is 2. The highest BCUT2D eigenvalue weighted by Crippen LogP contribution is 2.31. The first-order valence-corrected chi connectivity index (χ1v) is 9.35. The number of likely N-dealkylation sites (tertiary alicyclic amines) is 1. The van der Waals surface area contributed by atoms with Crippen molar-refractivity contribution in [1.29, 1.82) is 0 Å². The lowest BCUT2D eigenvalue weighted by Gasteiger charge is -2.20. The van der Waals surface area contributed by atoms with E-state index >= 15 is 0 Å². The number of pyridine rings is 1. The molecule has 2 heterocycles. The van der Waals surface area contributed by atoms with Gasteiger partial charge in [0.1, 0.15) is 12.2 Å². The molecule has 1 aliphatic rings. The maximum Gasteiger partial charge on any atom is 0.416 e. The van der Waals surface area contributed by atoms with Crippen LogP contribution in [0.5, 0.6) is 0 Å². The lowest BCUT2D eigenvalue weighted by Crippen LogP contribution is -2.45. The highest BCUT2D eigenvalue weighted by atomic mass is 19.4. The predicted molar refractivity (Wildman–Crippen MR) is 103 cm³/mol. The summed E-state index contributed by atoms with van der Waals surface area (Å²) in [6, 6.07) is 4.34. The largest absolute Gasteiger partial charge is 0.465 e. The topological polar surface area (TPSA) is 126 Å². The molecule has 1 aromatic heterocycles. The van der Waals surface area contributed by atoms with E-state index < -0.39 is 48.4 Å². The van der Waals surface area contributed by atoms with Crippen LogP contribution in [0, 0.1) is 0 Å². The quantitative estimate of drug-likeness (QED) is 0.599. The van der Waals surface area contributed by atoms with Gasteiger partial charge in [-0.3, -0.25) is 19.5 Å². The number of amides is 3. The molecular weight excluding hydrogens is 436 g/mol. The van der Waals surface area contributed by atoms with E-state index in [0.29, 0.717) is 10.5 Å². The molecule has 1 aliphatic heterocycles. The van der Waals surface area contributed by atoms with Crippen molar-refractivity contribution in [3.05, 3.63) is 53.2 Å². The molecule has 0 bridgehead atoms. The molecule has 3 amide bonds. The second-order valence-corrected chi connectivity index (χ2v) is 7.17. The Balaban J connectivity index is 1.82. The molecule has 0 unspecified atom stereocenters. The van der Waals surface area contributed by atoms with Crippen LogP contribution >= 0.6 is 0 Å². The van der Waals surface area contributed by atoms with E-state index in [4.69, 9.17) is 10.8 Å². The van der Waals surface area contributed by atoms with Crippen LogP contribution in [-0.4, -0.2) is 51.7 Å². The number of primary amides is 1. The van der Waals surface area contributed by atoms with Crippen molar-refractivity contribution in [3.8, 4) is 11.3 Å². The van der Waals surface area contributed by atoms with E-state index in [1.807, 2.05) is 0 Å². The average Bonchev–Trinajstić information content (AvgIpc) is 3.13. The number of carbonyl (C=O) groups is 3. The third-order valence-corrected chi connectivity index (χ3v) is 5.01. The number of nitrogens with one attached hydrogen (secondary N) is 1. The van der Waals surface area contributed by atoms with Crippen molar-refractivity contribution < 1.29 is 37.1 Å². The van der Waals surface area contributed by atoms with Crippen LogP contribution in [0.2, 0.25) is 0 Å². The second kappa shape index (κ2) is 8.81. The Bertz CT molecular complexity index is 1040. The fourth-order valence-corrected chi connectivity index (χ4v) is 3.40. The summed E-state index contributed by atoms with van der Waals surface area (Å²) < 4.78 is 51.9. The zero-order chi connectivity index (χ0) is 23.6. The summed E-state index contributed by atoms with van der Waals surface area (Å²) >= 11 is 0. The number of nitrogens with two attached hydrogens (primary N) is 1. The molecule has 1 aromatic carbocycles. The minimum Gasteiger partial charge on any atom is -0.465 e. The van der Waals surface area contributed by atoms with E-state index in [0.717, 1.165) is 18.3 Å². The van der Waals surface area contributed by atoms with Crippen molar-refractivity contribution in [3.63, 3.8) is 0 Å². The molecule has 4 N–H and O–H groups in total. The number of rotatable bonds is 5. The monoisotopic (exact) mass is 454 g/mol. The molecule has 0 spiro atoms. The van der Waals surface area contributed by atoms with Crippen molar-refractivity contribution >= 4 is 17.9 Å². The standard InChI is InChI=1S/C20H18F4N4O4/c21-13-6-16(28(9-13)19(31)32)18(30)27-7-11-5-15(26-8-14(11)17(25)29)10-1-3-12(4-2-10)20(22,23)24/h1-5,8,13,16H,6-7,9H2,(H2,25,29)(H,27,30)(H,31,32)/t13-,16+/m1/s1. The molecule has 12 heteroatoms.